The van der Waals surface area contributed by atoms with Gasteiger partial charge < -0.3 is 6.15 Å². The Kier molecular flexibility index (Phi) is 6.35. The van der Waals surface area contributed by atoms with E-state index in [1.165, 1.54) is 0 Å². The SMILES string of the molecule is CCCCC(F)C(F)(F)S(=O)(=O)O.N. The van der Waals surface area contributed by atoms with Crippen molar-refractivity contribution in [3.05, 3.63) is 0 Å². The molecule has 0 saturated carbocycles. The Hall–Kier alpha value is -0.340. The van der Waals surface area contributed by atoms with Crippen molar-refractivity contribution in [1.82, 2.24) is 6.15 Å². The molecule has 0 spiro atoms. The molecule has 0 fully saturated rings. The second-order valence-corrected chi connectivity index (χ2v) is 4.14. The van der Waals surface area contributed by atoms with Crippen molar-refractivity contribution in [3.63, 3.8) is 0 Å². The van der Waals surface area contributed by atoms with E-state index in [1.807, 2.05) is 0 Å². The molecule has 4 nitrogen and oxygen atoms in total. The molecule has 0 amide bonds. The van der Waals surface area contributed by atoms with Gasteiger partial charge in [-0.1, -0.05) is 19.8 Å². The highest BCUT2D eigenvalue weighted by Gasteiger charge is 2.51. The highest BCUT2D eigenvalue weighted by atomic mass is 32.2. The minimum absolute atomic E-state index is 0. The van der Waals surface area contributed by atoms with Crippen LogP contribution in [0.3, 0.4) is 0 Å². The summed E-state index contributed by atoms with van der Waals surface area (Å²) in [5, 5.41) is -4.69. The number of hydrogen-bond donors (Lipinski definition) is 2. The van der Waals surface area contributed by atoms with Crippen molar-refractivity contribution >= 4 is 10.1 Å². The molecule has 1 unspecified atom stereocenters. The molecule has 0 aliphatic rings. The Bertz CT molecular complexity index is 255. The first kappa shape index (κ1) is 16.1. The smallest absolute Gasteiger partial charge is 0.344 e. The molecule has 0 aromatic heterocycles. The number of rotatable bonds is 5. The van der Waals surface area contributed by atoms with E-state index in [1.54, 1.807) is 6.92 Å². The molecule has 0 aliphatic heterocycles. The van der Waals surface area contributed by atoms with Crippen LogP contribution in [-0.2, 0) is 10.1 Å². The van der Waals surface area contributed by atoms with E-state index in [0.29, 0.717) is 6.42 Å². The van der Waals surface area contributed by atoms with Crippen LogP contribution in [0.5, 0.6) is 0 Å². The van der Waals surface area contributed by atoms with E-state index in [9.17, 15) is 21.6 Å². The largest absolute Gasteiger partial charge is 0.400 e. The molecule has 0 bridgehead atoms. The second-order valence-electron chi connectivity index (χ2n) is 2.65. The van der Waals surface area contributed by atoms with Crippen LogP contribution in [0.2, 0.25) is 0 Å². The van der Waals surface area contributed by atoms with Crippen molar-refractivity contribution in [2.75, 3.05) is 0 Å². The van der Waals surface area contributed by atoms with Gasteiger partial charge >= 0.3 is 15.4 Å². The summed E-state index contributed by atoms with van der Waals surface area (Å²) in [5.41, 5.74) is 0. The Balaban J connectivity index is 0. The monoisotopic (exact) mass is 237 g/mol. The summed E-state index contributed by atoms with van der Waals surface area (Å²) in [4.78, 5) is 0. The molecular formula is C6H14F3NO3S. The quantitative estimate of drug-likeness (QED) is 0.717. The first-order chi connectivity index (χ1) is 5.73. The zero-order valence-corrected chi connectivity index (χ0v) is 8.53. The Morgan fingerprint density at radius 1 is 1.43 bits per heavy atom. The Labute approximate surface area is 80.8 Å². The molecule has 0 heterocycles. The maximum absolute atomic E-state index is 12.6. The van der Waals surface area contributed by atoms with Crippen molar-refractivity contribution in [2.45, 2.75) is 37.6 Å². The summed E-state index contributed by atoms with van der Waals surface area (Å²) in [5.74, 6) is 0. The van der Waals surface area contributed by atoms with E-state index in [2.05, 4.69) is 0 Å². The number of alkyl halides is 3. The molecule has 4 N–H and O–H groups in total. The molecular weight excluding hydrogens is 223 g/mol. The van der Waals surface area contributed by atoms with Gasteiger partial charge in [0, 0.05) is 0 Å². The maximum atomic E-state index is 12.6. The summed E-state index contributed by atoms with van der Waals surface area (Å²) in [7, 11) is -5.64. The van der Waals surface area contributed by atoms with E-state index in [0.717, 1.165) is 0 Å². The fraction of sp³-hybridized carbons (Fsp3) is 1.00. The Morgan fingerprint density at radius 2 is 1.86 bits per heavy atom. The number of unbranched alkanes of at least 4 members (excludes halogenated alkanes) is 1. The summed E-state index contributed by atoms with van der Waals surface area (Å²) in [6, 6.07) is 0. The average Bonchev–Trinajstić information content (AvgIpc) is 1.97. The molecule has 0 aromatic carbocycles. The van der Waals surface area contributed by atoms with Gasteiger partial charge in [-0.2, -0.15) is 17.2 Å². The first-order valence-corrected chi connectivity index (χ1v) is 5.16. The summed E-state index contributed by atoms with van der Waals surface area (Å²) in [6.45, 7) is 1.65. The van der Waals surface area contributed by atoms with Crippen molar-refractivity contribution in [3.8, 4) is 0 Å². The fourth-order valence-corrected chi connectivity index (χ4v) is 1.15. The van der Waals surface area contributed by atoms with E-state index >= 15 is 0 Å². The van der Waals surface area contributed by atoms with Gasteiger partial charge in [-0.3, -0.25) is 4.55 Å². The summed E-state index contributed by atoms with van der Waals surface area (Å²) in [6.07, 6.45) is -2.81. The molecule has 0 aromatic rings. The molecule has 8 heteroatoms. The van der Waals surface area contributed by atoms with Gasteiger partial charge in [0.15, 0.2) is 6.17 Å². The zero-order chi connectivity index (χ0) is 10.7. The van der Waals surface area contributed by atoms with Gasteiger partial charge in [0.25, 0.3) is 0 Å². The molecule has 14 heavy (non-hydrogen) atoms. The molecule has 1 atom stereocenters. The lowest BCUT2D eigenvalue weighted by atomic mass is 10.2. The van der Waals surface area contributed by atoms with Crippen LogP contribution in [0.25, 0.3) is 0 Å². The fourth-order valence-electron chi connectivity index (χ4n) is 0.713. The van der Waals surface area contributed by atoms with Crippen LogP contribution in [0.15, 0.2) is 0 Å². The van der Waals surface area contributed by atoms with Crippen LogP contribution < -0.4 is 6.15 Å². The molecule has 0 radical (unpaired) electrons. The van der Waals surface area contributed by atoms with Crippen LogP contribution >= 0.6 is 0 Å². The molecule has 0 aliphatic carbocycles. The minimum Gasteiger partial charge on any atom is -0.344 e. The first-order valence-electron chi connectivity index (χ1n) is 3.72. The predicted octanol–water partition coefficient (Wildman–Crippen LogP) is 2.16. The summed E-state index contributed by atoms with van der Waals surface area (Å²) >= 11 is 0. The highest BCUT2D eigenvalue weighted by Crippen LogP contribution is 2.30. The topological polar surface area (TPSA) is 89.4 Å². The van der Waals surface area contributed by atoms with E-state index < -0.39 is 28.0 Å². The second kappa shape index (κ2) is 5.52. The van der Waals surface area contributed by atoms with Crippen molar-refractivity contribution < 1.29 is 26.1 Å². The third kappa shape index (κ3) is 3.81. The predicted molar refractivity (Wildman–Crippen MR) is 45.9 cm³/mol. The molecule has 0 saturated heterocycles. The summed E-state index contributed by atoms with van der Waals surface area (Å²) < 4.78 is 65.5. The third-order valence-electron chi connectivity index (χ3n) is 1.52. The lowest BCUT2D eigenvalue weighted by molar-refractivity contribution is -0.00689. The van der Waals surface area contributed by atoms with Gasteiger partial charge in [-0.25, -0.2) is 4.39 Å². The lowest BCUT2D eigenvalue weighted by Gasteiger charge is -2.16. The average molecular weight is 237 g/mol. The lowest BCUT2D eigenvalue weighted by Crippen LogP contribution is -2.38. The van der Waals surface area contributed by atoms with E-state index in [-0.39, 0.29) is 12.6 Å². The van der Waals surface area contributed by atoms with Gasteiger partial charge in [0.2, 0.25) is 0 Å². The molecule has 0 rings (SSSR count). The third-order valence-corrected chi connectivity index (χ3v) is 2.46. The zero-order valence-electron chi connectivity index (χ0n) is 7.71. The van der Waals surface area contributed by atoms with E-state index in [4.69, 9.17) is 4.55 Å². The van der Waals surface area contributed by atoms with Crippen LogP contribution in [0.1, 0.15) is 26.2 Å². The van der Waals surface area contributed by atoms with Gasteiger partial charge in [0.1, 0.15) is 0 Å². The van der Waals surface area contributed by atoms with Crippen LogP contribution in [0, 0.1) is 0 Å². The van der Waals surface area contributed by atoms with Crippen LogP contribution in [-0.4, -0.2) is 24.4 Å². The van der Waals surface area contributed by atoms with Crippen LogP contribution in [0.4, 0.5) is 13.2 Å². The molecule has 88 valence electrons. The maximum Gasteiger partial charge on any atom is 0.400 e. The minimum atomic E-state index is -5.64. The van der Waals surface area contributed by atoms with Gasteiger partial charge in [0.05, 0.1) is 0 Å². The standard InChI is InChI=1S/C6H11F3O3S.H3N/c1-2-3-4-5(7)6(8,9)13(10,11)12;/h5H,2-4H2,1H3,(H,10,11,12);1H3. The normalized spacial score (nSPS) is 14.6. The highest BCUT2D eigenvalue weighted by molar-refractivity contribution is 7.86. The Morgan fingerprint density at radius 3 is 2.14 bits per heavy atom. The number of halogens is 3. The van der Waals surface area contributed by atoms with Gasteiger partial charge in [-0.05, 0) is 6.42 Å². The van der Waals surface area contributed by atoms with Crippen molar-refractivity contribution in [2.24, 2.45) is 0 Å². The number of hydrogen-bond acceptors (Lipinski definition) is 3. The van der Waals surface area contributed by atoms with Gasteiger partial charge in [-0.15, -0.1) is 0 Å². The van der Waals surface area contributed by atoms with Crippen molar-refractivity contribution in [1.29, 1.82) is 0 Å².